The smallest absolute Gasteiger partial charge is 0.279 e. The molecule has 15 nitrogen and oxygen atoms in total. The summed E-state index contributed by atoms with van der Waals surface area (Å²) in [4.78, 5) is 57.8. The molecule has 6 rings (SSSR count). The lowest BCUT2D eigenvalue weighted by atomic mass is 9.92. The summed E-state index contributed by atoms with van der Waals surface area (Å²) >= 11 is 2.58. The van der Waals surface area contributed by atoms with E-state index < -0.39 is 20.9 Å². The van der Waals surface area contributed by atoms with Crippen molar-refractivity contribution in [3.05, 3.63) is 128 Å². The van der Waals surface area contributed by atoms with E-state index in [1.165, 1.54) is 82.1 Å². The third-order valence-electron chi connectivity index (χ3n) is 8.33. The molecule has 0 saturated carbocycles. The van der Waals surface area contributed by atoms with Crippen LogP contribution in [0.4, 0.5) is 22.7 Å². The number of rotatable bonds is 10. The minimum Gasteiger partial charge on any atom is -0.457 e. The number of nitrogens with zero attached hydrogens (tertiary/aromatic N) is 6. The lowest BCUT2D eigenvalue weighted by molar-refractivity contribution is -0.385. The molecule has 17 heteroatoms. The van der Waals surface area contributed by atoms with Crippen LogP contribution in [0, 0.1) is 20.2 Å². The van der Waals surface area contributed by atoms with Crippen molar-refractivity contribution in [3.8, 4) is 11.5 Å². The Balaban J connectivity index is 1.13. The summed E-state index contributed by atoms with van der Waals surface area (Å²) < 4.78 is 6.08. The van der Waals surface area contributed by atoms with Gasteiger partial charge in [0.2, 0.25) is 0 Å². The molecule has 0 aliphatic carbocycles. The van der Waals surface area contributed by atoms with Gasteiger partial charge in [0, 0.05) is 24.3 Å². The minimum absolute atomic E-state index is 0.0603. The van der Waals surface area contributed by atoms with Crippen molar-refractivity contribution in [2.24, 2.45) is 9.98 Å². The number of nitrogens with one attached hydrogen (secondary N) is 2. The normalized spacial score (nSPS) is 19.8. The molecule has 260 valence electrons. The van der Waals surface area contributed by atoms with Gasteiger partial charge in [0.1, 0.15) is 11.5 Å². The fourth-order valence-electron chi connectivity index (χ4n) is 5.44. The van der Waals surface area contributed by atoms with Crippen LogP contribution in [0.5, 0.6) is 11.5 Å². The van der Waals surface area contributed by atoms with Crippen LogP contribution in [-0.4, -0.2) is 54.5 Å². The Kier molecular flexibility index (Phi) is 9.42. The topological polar surface area (TPSA) is 185 Å². The molecule has 2 aliphatic heterocycles. The first-order chi connectivity index (χ1) is 24.4. The summed E-state index contributed by atoms with van der Waals surface area (Å²) in [6, 6.07) is 25.5. The Morgan fingerprint density at radius 2 is 0.941 bits per heavy atom. The number of nitro benzene ring substituents is 2. The zero-order valence-electron chi connectivity index (χ0n) is 27.6. The molecule has 4 aromatic carbocycles. The number of aliphatic imine (C=N–C) groups is 2. The summed E-state index contributed by atoms with van der Waals surface area (Å²) in [7, 11) is 0. The lowest BCUT2D eigenvalue weighted by Gasteiger charge is -2.24. The molecule has 2 atom stereocenters. The van der Waals surface area contributed by atoms with Crippen LogP contribution in [0.25, 0.3) is 0 Å². The second kappa shape index (κ2) is 13.8. The average molecular weight is 727 g/mol. The first-order valence-electron chi connectivity index (χ1n) is 15.2. The summed E-state index contributed by atoms with van der Waals surface area (Å²) in [5.41, 5.74) is 5.70. The van der Waals surface area contributed by atoms with Crippen molar-refractivity contribution < 1.29 is 24.2 Å². The Morgan fingerprint density at radius 3 is 1.24 bits per heavy atom. The highest BCUT2D eigenvalue weighted by Gasteiger charge is 2.47. The third-order valence-corrected chi connectivity index (χ3v) is 9.61. The van der Waals surface area contributed by atoms with Crippen LogP contribution < -0.4 is 15.6 Å². The number of hydrazine groups is 2. The first kappa shape index (κ1) is 34.9. The molecule has 0 spiro atoms. The molecule has 2 amide bonds. The molecule has 2 aliphatic rings. The van der Waals surface area contributed by atoms with E-state index in [2.05, 4.69) is 10.9 Å². The van der Waals surface area contributed by atoms with Gasteiger partial charge in [-0.05, 0) is 86.0 Å². The highest BCUT2D eigenvalue weighted by atomic mass is 32.2. The van der Waals surface area contributed by atoms with Crippen molar-refractivity contribution in [2.45, 2.75) is 24.9 Å². The lowest BCUT2D eigenvalue weighted by Crippen LogP contribution is -2.42. The van der Waals surface area contributed by atoms with Crippen molar-refractivity contribution >= 4 is 68.4 Å². The summed E-state index contributed by atoms with van der Waals surface area (Å²) in [5.74, 6) is 0.385. The maximum atomic E-state index is 13.7. The molecule has 2 N–H and O–H groups in total. The highest BCUT2D eigenvalue weighted by Crippen LogP contribution is 2.39. The van der Waals surface area contributed by atoms with E-state index in [-0.39, 0.29) is 23.2 Å². The molecular formula is C34H30N8O7S2. The van der Waals surface area contributed by atoms with Crippen LogP contribution >= 0.6 is 23.5 Å². The van der Waals surface area contributed by atoms with Crippen LogP contribution in [-0.2, 0) is 20.7 Å². The largest absolute Gasteiger partial charge is 0.457 e. The van der Waals surface area contributed by atoms with E-state index in [9.17, 15) is 29.8 Å². The van der Waals surface area contributed by atoms with E-state index >= 15 is 0 Å². The Hall–Kier alpha value is -5.94. The van der Waals surface area contributed by atoms with Gasteiger partial charge in [-0.1, -0.05) is 47.8 Å². The molecular weight excluding hydrogens is 697 g/mol. The maximum absolute atomic E-state index is 13.7. The Labute approximate surface area is 300 Å². The zero-order valence-corrected chi connectivity index (χ0v) is 29.2. The number of ether oxygens (including phenoxy) is 1. The average Bonchev–Trinajstić information content (AvgIpc) is 3.53. The number of nitro groups is 2. The molecule has 2 heterocycles. The van der Waals surface area contributed by atoms with Gasteiger partial charge in [0.25, 0.3) is 23.2 Å². The third kappa shape index (κ3) is 6.68. The van der Waals surface area contributed by atoms with Gasteiger partial charge in [-0.3, -0.25) is 40.7 Å². The number of carbonyl (C=O) groups is 2. The molecule has 4 aromatic rings. The fraction of sp³-hybridized carbons (Fsp3) is 0.176. The number of hydrogen-bond acceptors (Lipinski definition) is 13. The van der Waals surface area contributed by atoms with E-state index in [1.54, 1.807) is 74.9 Å². The van der Waals surface area contributed by atoms with Crippen molar-refractivity contribution in [1.29, 1.82) is 0 Å². The Morgan fingerprint density at radius 1 is 0.608 bits per heavy atom. The quantitative estimate of drug-likeness (QED) is 0.128. The van der Waals surface area contributed by atoms with Gasteiger partial charge >= 0.3 is 0 Å². The number of amidine groups is 2. The number of benzene rings is 4. The summed E-state index contributed by atoms with van der Waals surface area (Å²) in [5, 5.41) is 25.6. The summed E-state index contributed by atoms with van der Waals surface area (Å²) in [6.07, 6.45) is 3.60. The number of carbonyl (C=O) groups excluding carboxylic acids is 2. The number of non-ortho nitro benzene ring substituents is 2. The number of hydrogen-bond donors (Lipinski definition) is 2. The number of thioether (sulfide) groups is 2. The van der Waals surface area contributed by atoms with Crippen LogP contribution in [0.15, 0.2) is 107 Å². The molecule has 0 fully saturated rings. The van der Waals surface area contributed by atoms with E-state index in [0.29, 0.717) is 44.3 Å². The van der Waals surface area contributed by atoms with Gasteiger partial charge in [-0.2, -0.15) is 10.0 Å². The fourth-order valence-corrected chi connectivity index (χ4v) is 6.61. The van der Waals surface area contributed by atoms with Gasteiger partial charge in [0.15, 0.2) is 21.4 Å². The van der Waals surface area contributed by atoms with Crippen molar-refractivity contribution in [2.75, 3.05) is 23.4 Å². The zero-order chi connectivity index (χ0) is 36.5. The SMILES string of the molecule is CSC1=NC(C)(c2ccc(Oc3ccc(C4(C)N=C(SC)N(Nc5ccc([N+](=O)[O-])cc5)C4=O)cc3)cc2)C(=O)N1Nc1ccc([N+](=O)[O-])cc1. The second-order valence-electron chi connectivity index (χ2n) is 11.6. The number of anilines is 2. The Bertz CT molecular complexity index is 1930. The molecule has 0 aromatic heterocycles. The van der Waals surface area contributed by atoms with Crippen LogP contribution in [0.1, 0.15) is 25.0 Å². The summed E-state index contributed by atoms with van der Waals surface area (Å²) in [6.45, 7) is 3.44. The minimum atomic E-state index is -1.23. The van der Waals surface area contributed by atoms with Crippen molar-refractivity contribution in [1.82, 2.24) is 10.0 Å². The van der Waals surface area contributed by atoms with Crippen LogP contribution in [0.3, 0.4) is 0 Å². The van der Waals surface area contributed by atoms with Gasteiger partial charge < -0.3 is 4.74 Å². The monoisotopic (exact) mass is 726 g/mol. The molecule has 2 unspecified atom stereocenters. The number of amides is 2. The van der Waals surface area contributed by atoms with E-state index in [0.717, 1.165) is 0 Å². The van der Waals surface area contributed by atoms with Crippen molar-refractivity contribution in [3.63, 3.8) is 0 Å². The molecule has 0 bridgehead atoms. The van der Waals surface area contributed by atoms with Gasteiger partial charge in [0.05, 0.1) is 21.2 Å². The highest BCUT2D eigenvalue weighted by molar-refractivity contribution is 8.13. The second-order valence-corrected chi connectivity index (χ2v) is 13.2. The van der Waals surface area contributed by atoms with Crippen LogP contribution in [0.2, 0.25) is 0 Å². The van der Waals surface area contributed by atoms with E-state index in [4.69, 9.17) is 14.7 Å². The predicted molar refractivity (Wildman–Crippen MR) is 197 cm³/mol. The molecule has 51 heavy (non-hydrogen) atoms. The molecule has 0 saturated heterocycles. The molecule has 0 radical (unpaired) electrons. The maximum Gasteiger partial charge on any atom is 0.279 e. The standard InChI is InChI=1S/C34H30N8O7S2/c1-33(29(43)39(31(35-33)50-3)37-23-9-13-25(14-10-23)41(45)46)21-5-17-27(18-6-21)49-28-19-7-22(8-20-28)34(2)30(44)40(32(36-34)51-4)38-24-11-15-26(16-12-24)42(47)48/h5-20,37-38H,1-4H3. The van der Waals surface area contributed by atoms with Gasteiger partial charge in [-0.15, -0.1) is 0 Å². The first-order valence-corrected chi connectivity index (χ1v) is 17.7. The predicted octanol–water partition coefficient (Wildman–Crippen LogP) is 6.90. The van der Waals surface area contributed by atoms with Gasteiger partial charge in [-0.25, -0.2) is 9.98 Å². The van der Waals surface area contributed by atoms with E-state index in [1.807, 2.05) is 0 Å².